The summed E-state index contributed by atoms with van der Waals surface area (Å²) >= 11 is 0. The Morgan fingerprint density at radius 1 is 1.09 bits per heavy atom. The number of fused-ring (bicyclic) bond motifs is 1. The maximum atomic E-state index is 13.8. The van der Waals surface area contributed by atoms with Gasteiger partial charge in [0.2, 0.25) is 22.0 Å². The molecule has 2 heterocycles. The Balaban J connectivity index is 1.51. The van der Waals surface area contributed by atoms with Gasteiger partial charge in [-0.3, -0.25) is 4.79 Å². The lowest BCUT2D eigenvalue weighted by Crippen LogP contribution is -2.51. The molecule has 0 N–H and O–H groups in total. The van der Waals surface area contributed by atoms with Crippen molar-refractivity contribution >= 4 is 27.6 Å². The number of amides is 1. The van der Waals surface area contributed by atoms with E-state index >= 15 is 0 Å². The minimum atomic E-state index is -4.01. The first-order valence-corrected chi connectivity index (χ1v) is 12.2. The number of methoxy groups -OCH3 is 2. The van der Waals surface area contributed by atoms with Crippen LogP contribution in [-0.2, 0) is 24.3 Å². The van der Waals surface area contributed by atoms with Crippen LogP contribution >= 0.6 is 0 Å². The second-order valence-electron chi connectivity index (χ2n) is 8.02. The highest BCUT2D eigenvalue weighted by atomic mass is 32.2. The average Bonchev–Trinajstić information content (AvgIpc) is 2.87. The molecule has 1 amide bonds. The Kier molecular flexibility index (Phi) is 6.76. The molecule has 34 heavy (non-hydrogen) atoms. The summed E-state index contributed by atoms with van der Waals surface area (Å²) in [7, 11) is -1.44. The minimum absolute atomic E-state index is 0.00151. The quantitative estimate of drug-likeness (QED) is 0.590. The molecule has 4 rings (SSSR count). The lowest BCUT2D eigenvalue weighted by molar-refractivity contribution is -0.148. The van der Waals surface area contributed by atoms with Crippen molar-refractivity contribution in [2.75, 3.05) is 38.8 Å². The zero-order chi connectivity index (χ0) is 24.5. The third-order valence-corrected chi connectivity index (χ3v) is 7.97. The SMILES string of the molecule is COC(=O)C1CN(C(=O)C2CCN(S(=O)(=O)c3cc(F)ccc3OC)CC2)c2ccccc2O1. The molecule has 11 heteroatoms. The number of sulfonamides is 1. The number of halogens is 1. The zero-order valence-corrected chi connectivity index (χ0v) is 19.6. The van der Waals surface area contributed by atoms with Gasteiger partial charge in [0, 0.05) is 19.0 Å². The molecule has 0 saturated carbocycles. The molecule has 2 aliphatic heterocycles. The largest absolute Gasteiger partial charge is 0.495 e. The number of anilines is 1. The number of esters is 1. The maximum Gasteiger partial charge on any atom is 0.348 e. The molecule has 0 aromatic heterocycles. The van der Waals surface area contributed by atoms with Crippen molar-refractivity contribution in [3.63, 3.8) is 0 Å². The summed E-state index contributed by atoms with van der Waals surface area (Å²) in [6.07, 6.45) is -0.402. The number of hydrogen-bond acceptors (Lipinski definition) is 7. The molecule has 1 saturated heterocycles. The maximum absolute atomic E-state index is 13.8. The number of benzene rings is 2. The highest BCUT2D eigenvalue weighted by molar-refractivity contribution is 7.89. The van der Waals surface area contributed by atoms with Gasteiger partial charge in [-0.15, -0.1) is 0 Å². The number of carbonyl (C=O) groups is 2. The predicted octanol–water partition coefficient (Wildman–Crippen LogP) is 2.20. The molecule has 2 aromatic rings. The van der Waals surface area contributed by atoms with E-state index in [0.29, 0.717) is 11.4 Å². The van der Waals surface area contributed by atoms with E-state index in [1.54, 1.807) is 24.3 Å². The van der Waals surface area contributed by atoms with Crippen molar-refractivity contribution in [3.8, 4) is 11.5 Å². The van der Waals surface area contributed by atoms with E-state index in [9.17, 15) is 22.4 Å². The average molecular weight is 493 g/mol. The van der Waals surface area contributed by atoms with E-state index in [4.69, 9.17) is 14.2 Å². The fourth-order valence-corrected chi connectivity index (χ4v) is 5.89. The number of hydrogen-bond donors (Lipinski definition) is 0. The molecule has 2 aliphatic rings. The molecule has 2 aromatic carbocycles. The van der Waals surface area contributed by atoms with Crippen LogP contribution in [0.15, 0.2) is 47.4 Å². The standard InChI is InChI=1S/C23H25FN2O7S/c1-31-19-8-7-16(24)13-21(19)34(29,30)25-11-9-15(10-12-25)22(27)26-14-20(23(28)32-2)33-18-6-4-3-5-17(18)26/h3-8,13,15,20H,9-12,14H2,1-2H3. The molecule has 1 fully saturated rings. The van der Waals surface area contributed by atoms with Crippen LogP contribution in [0.5, 0.6) is 11.5 Å². The molecule has 0 aliphatic carbocycles. The molecule has 0 radical (unpaired) electrons. The molecular weight excluding hydrogens is 467 g/mol. The third kappa shape index (κ3) is 4.45. The summed E-state index contributed by atoms with van der Waals surface area (Å²) in [5, 5.41) is 0. The normalized spacial score (nSPS) is 19.1. The lowest BCUT2D eigenvalue weighted by atomic mass is 9.95. The molecule has 9 nitrogen and oxygen atoms in total. The highest BCUT2D eigenvalue weighted by Crippen LogP contribution is 2.36. The van der Waals surface area contributed by atoms with Gasteiger partial charge in [-0.05, 0) is 43.2 Å². The predicted molar refractivity (Wildman–Crippen MR) is 120 cm³/mol. The second-order valence-corrected chi connectivity index (χ2v) is 9.93. The van der Waals surface area contributed by atoms with Gasteiger partial charge in [-0.25, -0.2) is 17.6 Å². The fourth-order valence-electron chi connectivity index (χ4n) is 4.25. The van der Waals surface area contributed by atoms with Crippen LogP contribution in [0, 0.1) is 11.7 Å². The Morgan fingerprint density at radius 2 is 1.79 bits per heavy atom. The van der Waals surface area contributed by atoms with Crippen molar-refractivity contribution < 1.29 is 36.6 Å². The number of para-hydroxylation sites is 2. The number of ether oxygens (including phenoxy) is 3. The van der Waals surface area contributed by atoms with Crippen molar-refractivity contribution in [2.45, 2.75) is 23.8 Å². The molecule has 1 unspecified atom stereocenters. The summed E-state index contributed by atoms with van der Waals surface area (Å²) in [5.41, 5.74) is 0.548. The van der Waals surface area contributed by atoms with E-state index in [0.717, 1.165) is 12.1 Å². The van der Waals surface area contributed by atoms with Gasteiger partial charge < -0.3 is 19.1 Å². The summed E-state index contributed by atoms with van der Waals surface area (Å²) in [4.78, 5) is 26.8. The van der Waals surface area contributed by atoms with E-state index < -0.39 is 33.8 Å². The van der Waals surface area contributed by atoms with Gasteiger partial charge in [-0.1, -0.05) is 12.1 Å². The number of carbonyl (C=O) groups excluding carboxylic acids is 2. The Bertz CT molecular complexity index is 1200. The van der Waals surface area contributed by atoms with Crippen molar-refractivity contribution in [2.24, 2.45) is 5.92 Å². The topological polar surface area (TPSA) is 102 Å². The van der Waals surface area contributed by atoms with Crippen LogP contribution in [0.25, 0.3) is 0 Å². The van der Waals surface area contributed by atoms with E-state index in [2.05, 4.69) is 0 Å². The first kappa shape index (κ1) is 24.0. The van der Waals surface area contributed by atoms with Crippen molar-refractivity contribution in [1.82, 2.24) is 4.31 Å². The van der Waals surface area contributed by atoms with Gasteiger partial charge in [0.15, 0.2) is 0 Å². The van der Waals surface area contributed by atoms with Gasteiger partial charge >= 0.3 is 5.97 Å². The Hall–Kier alpha value is -3.18. The Morgan fingerprint density at radius 3 is 2.47 bits per heavy atom. The summed E-state index contributed by atoms with van der Waals surface area (Å²) in [5.74, 6) is -1.49. The van der Waals surface area contributed by atoms with E-state index in [1.807, 2.05) is 0 Å². The highest BCUT2D eigenvalue weighted by Gasteiger charge is 2.39. The fraction of sp³-hybridized carbons (Fsp3) is 0.391. The van der Waals surface area contributed by atoms with Crippen molar-refractivity contribution in [1.29, 1.82) is 0 Å². The van der Waals surface area contributed by atoms with E-state index in [-0.39, 0.29) is 49.0 Å². The van der Waals surface area contributed by atoms with Crippen LogP contribution in [0.1, 0.15) is 12.8 Å². The summed E-state index contributed by atoms with van der Waals surface area (Å²) < 4.78 is 56.8. The zero-order valence-electron chi connectivity index (χ0n) is 18.8. The van der Waals surface area contributed by atoms with Crippen molar-refractivity contribution in [3.05, 3.63) is 48.3 Å². The second kappa shape index (κ2) is 9.59. The van der Waals surface area contributed by atoms with Gasteiger partial charge in [0.25, 0.3) is 0 Å². The smallest absolute Gasteiger partial charge is 0.348 e. The number of nitrogens with zero attached hydrogens (tertiary/aromatic N) is 2. The van der Waals surface area contributed by atoms with Gasteiger partial charge in [0.1, 0.15) is 22.2 Å². The number of piperidine rings is 1. The van der Waals surface area contributed by atoms with E-state index in [1.165, 1.54) is 29.5 Å². The summed E-state index contributed by atoms with van der Waals surface area (Å²) in [6.45, 7) is 0.178. The molecule has 1 atom stereocenters. The van der Waals surface area contributed by atoms with Crippen LogP contribution in [-0.4, -0.2) is 64.6 Å². The van der Waals surface area contributed by atoms with Crippen LogP contribution in [0.3, 0.4) is 0 Å². The van der Waals surface area contributed by atoms with Gasteiger partial charge in [-0.2, -0.15) is 4.31 Å². The van der Waals surface area contributed by atoms with Crippen LogP contribution in [0.4, 0.5) is 10.1 Å². The molecule has 0 spiro atoms. The molecular formula is C23H25FN2O7S. The van der Waals surface area contributed by atoms with Crippen LogP contribution < -0.4 is 14.4 Å². The third-order valence-electron chi connectivity index (χ3n) is 6.05. The Labute approximate surface area is 197 Å². The van der Waals surface area contributed by atoms with Gasteiger partial charge in [0.05, 0.1) is 26.5 Å². The molecule has 182 valence electrons. The number of rotatable bonds is 5. The first-order chi connectivity index (χ1) is 16.3. The first-order valence-electron chi connectivity index (χ1n) is 10.7. The van der Waals surface area contributed by atoms with Crippen LogP contribution in [0.2, 0.25) is 0 Å². The molecule has 0 bridgehead atoms. The lowest BCUT2D eigenvalue weighted by Gasteiger charge is -2.37. The summed E-state index contributed by atoms with van der Waals surface area (Å²) in [6, 6.07) is 10.2. The monoisotopic (exact) mass is 492 g/mol. The minimum Gasteiger partial charge on any atom is -0.495 e.